The maximum atomic E-state index is 12.5. The van der Waals surface area contributed by atoms with Crippen molar-refractivity contribution in [1.29, 1.82) is 0 Å². The van der Waals surface area contributed by atoms with Gasteiger partial charge in [-0.05, 0) is 57.6 Å². The van der Waals surface area contributed by atoms with E-state index >= 15 is 0 Å². The second-order valence-electron chi connectivity index (χ2n) is 10.2. The Balaban J connectivity index is 1.23. The molecule has 0 radical (unpaired) electrons. The zero-order valence-electron chi connectivity index (χ0n) is 21.3. The molecule has 9 heteroatoms. The van der Waals surface area contributed by atoms with Gasteiger partial charge in [0.2, 0.25) is 11.9 Å². The van der Waals surface area contributed by atoms with Crippen LogP contribution < -0.4 is 10.2 Å². The minimum absolute atomic E-state index is 0.159. The lowest BCUT2D eigenvalue weighted by atomic mass is 9.97. The van der Waals surface area contributed by atoms with Crippen LogP contribution in [0.5, 0.6) is 0 Å². The van der Waals surface area contributed by atoms with Crippen LogP contribution in [-0.2, 0) is 14.3 Å². The Hall–Kier alpha value is -2.42. The highest BCUT2D eigenvalue weighted by Crippen LogP contribution is 2.24. The lowest BCUT2D eigenvalue weighted by Gasteiger charge is -2.42. The van der Waals surface area contributed by atoms with Gasteiger partial charge >= 0.3 is 5.97 Å². The van der Waals surface area contributed by atoms with Gasteiger partial charge in [0, 0.05) is 63.8 Å². The molecule has 35 heavy (non-hydrogen) atoms. The topological polar surface area (TPSA) is 90.9 Å². The summed E-state index contributed by atoms with van der Waals surface area (Å²) in [4.78, 5) is 40.1. The van der Waals surface area contributed by atoms with Gasteiger partial charge in [-0.25, -0.2) is 4.98 Å². The Morgan fingerprint density at radius 2 is 1.77 bits per heavy atom. The number of carbonyl (C=O) groups is 2. The van der Waals surface area contributed by atoms with Gasteiger partial charge in [-0.15, -0.1) is 0 Å². The summed E-state index contributed by atoms with van der Waals surface area (Å²) in [6.45, 7) is 5.88. The van der Waals surface area contributed by atoms with E-state index in [-0.39, 0.29) is 11.9 Å². The number of rotatable bonds is 8. The summed E-state index contributed by atoms with van der Waals surface area (Å²) in [5, 5.41) is 3.62. The minimum atomic E-state index is -0.246. The third-order valence-corrected chi connectivity index (χ3v) is 7.69. The highest BCUT2D eigenvalue weighted by atomic mass is 16.5. The number of ether oxygens (including phenoxy) is 1. The van der Waals surface area contributed by atoms with Gasteiger partial charge in [-0.3, -0.25) is 14.5 Å². The van der Waals surface area contributed by atoms with Crippen LogP contribution in [0.3, 0.4) is 0 Å². The Morgan fingerprint density at radius 1 is 1.00 bits per heavy atom. The molecule has 0 bridgehead atoms. The van der Waals surface area contributed by atoms with Crippen LogP contribution in [0.2, 0.25) is 0 Å². The van der Waals surface area contributed by atoms with Crippen LogP contribution in [0, 0.1) is 0 Å². The summed E-state index contributed by atoms with van der Waals surface area (Å²) in [5.41, 5.74) is 0. The van der Waals surface area contributed by atoms with E-state index in [4.69, 9.17) is 4.98 Å². The number of hydrogen-bond donors (Lipinski definition) is 1. The van der Waals surface area contributed by atoms with Crippen LogP contribution in [0.25, 0.3) is 0 Å². The fourth-order valence-electron chi connectivity index (χ4n) is 5.66. The van der Waals surface area contributed by atoms with Crippen molar-refractivity contribution in [3.05, 3.63) is 12.3 Å². The van der Waals surface area contributed by atoms with Crippen molar-refractivity contribution < 1.29 is 14.3 Å². The SMILES string of the molecule is COC(=O)CCCC(=O)N1CCC(N2CCCC(Nc3nccc(N4CCCCCC4)n3)C2)CC1. The van der Waals surface area contributed by atoms with Gasteiger partial charge in [0.1, 0.15) is 5.82 Å². The molecule has 1 aromatic heterocycles. The molecule has 0 aromatic carbocycles. The van der Waals surface area contributed by atoms with Crippen LogP contribution >= 0.6 is 0 Å². The largest absolute Gasteiger partial charge is 0.469 e. The van der Waals surface area contributed by atoms with Gasteiger partial charge in [0.25, 0.3) is 0 Å². The molecular weight excluding hydrogens is 444 g/mol. The third kappa shape index (κ3) is 7.53. The maximum Gasteiger partial charge on any atom is 0.305 e. The Kier molecular flexibility index (Phi) is 9.57. The van der Waals surface area contributed by atoms with E-state index in [0.29, 0.717) is 31.3 Å². The van der Waals surface area contributed by atoms with Crippen LogP contribution in [-0.4, -0.2) is 90.1 Å². The molecule has 3 aliphatic heterocycles. The van der Waals surface area contributed by atoms with E-state index in [1.807, 2.05) is 17.2 Å². The molecular formula is C26H42N6O3. The van der Waals surface area contributed by atoms with Crippen molar-refractivity contribution in [2.24, 2.45) is 0 Å². The molecule has 4 heterocycles. The number of amides is 1. The minimum Gasteiger partial charge on any atom is -0.469 e. The number of carbonyl (C=O) groups excluding carboxylic acids is 2. The summed E-state index contributed by atoms with van der Waals surface area (Å²) in [6, 6.07) is 2.90. The lowest BCUT2D eigenvalue weighted by Crippen LogP contribution is -2.51. The fraction of sp³-hybridized carbons (Fsp3) is 0.769. The zero-order chi connectivity index (χ0) is 24.5. The molecule has 9 nitrogen and oxygen atoms in total. The molecule has 0 spiro atoms. The number of aromatic nitrogens is 2. The smallest absolute Gasteiger partial charge is 0.305 e. The molecule has 194 valence electrons. The highest BCUT2D eigenvalue weighted by Gasteiger charge is 2.30. The molecule has 3 saturated heterocycles. The van der Waals surface area contributed by atoms with E-state index < -0.39 is 0 Å². The molecule has 3 fully saturated rings. The molecule has 1 N–H and O–H groups in total. The molecule has 1 aromatic rings. The van der Waals surface area contributed by atoms with Gasteiger partial charge in [-0.2, -0.15) is 4.98 Å². The van der Waals surface area contributed by atoms with Gasteiger partial charge in [0.15, 0.2) is 0 Å². The first-order valence-electron chi connectivity index (χ1n) is 13.6. The predicted molar refractivity (Wildman–Crippen MR) is 136 cm³/mol. The maximum absolute atomic E-state index is 12.5. The Labute approximate surface area is 209 Å². The van der Waals surface area contributed by atoms with E-state index in [1.54, 1.807) is 0 Å². The van der Waals surface area contributed by atoms with Gasteiger partial charge in [0.05, 0.1) is 7.11 Å². The van der Waals surface area contributed by atoms with Crippen molar-refractivity contribution in [2.75, 3.05) is 56.6 Å². The molecule has 4 rings (SSSR count). The first kappa shape index (κ1) is 25.7. The summed E-state index contributed by atoms with van der Waals surface area (Å²) in [7, 11) is 1.39. The third-order valence-electron chi connectivity index (χ3n) is 7.69. The number of nitrogens with one attached hydrogen (secondary N) is 1. The van der Waals surface area contributed by atoms with Crippen molar-refractivity contribution in [3.8, 4) is 0 Å². The summed E-state index contributed by atoms with van der Waals surface area (Å²) < 4.78 is 4.66. The standard InChI is InChI=1S/C26H42N6O3/c1-35-25(34)10-6-9-24(33)31-18-12-22(13-19-31)32-17-7-8-21(20-32)28-26-27-14-11-23(29-26)30-15-4-2-3-5-16-30/h11,14,21-22H,2-10,12-13,15-20H2,1H3,(H,27,28,29). The van der Waals surface area contributed by atoms with Gasteiger partial charge < -0.3 is 19.9 Å². The first-order chi connectivity index (χ1) is 17.1. The normalized spacial score (nSPS) is 22.5. The van der Waals surface area contributed by atoms with Gasteiger partial charge in [-0.1, -0.05) is 12.8 Å². The zero-order valence-corrected chi connectivity index (χ0v) is 21.3. The van der Waals surface area contributed by atoms with Crippen LogP contribution in [0.15, 0.2) is 12.3 Å². The molecule has 1 amide bonds. The fourth-order valence-corrected chi connectivity index (χ4v) is 5.66. The van der Waals surface area contributed by atoms with Crippen LogP contribution in [0.4, 0.5) is 11.8 Å². The number of nitrogens with zero attached hydrogens (tertiary/aromatic N) is 5. The van der Waals surface area contributed by atoms with Crippen molar-refractivity contribution in [3.63, 3.8) is 0 Å². The quantitative estimate of drug-likeness (QED) is 0.561. The number of anilines is 2. The van der Waals surface area contributed by atoms with Crippen molar-refractivity contribution in [1.82, 2.24) is 19.8 Å². The van der Waals surface area contributed by atoms with E-state index in [1.165, 1.54) is 32.8 Å². The Morgan fingerprint density at radius 3 is 2.51 bits per heavy atom. The first-order valence-corrected chi connectivity index (χ1v) is 13.6. The number of likely N-dealkylation sites (tertiary alicyclic amines) is 2. The summed E-state index contributed by atoms with van der Waals surface area (Å²) in [6.07, 6.45) is 12.6. The van der Waals surface area contributed by atoms with Crippen molar-refractivity contribution in [2.45, 2.75) is 82.7 Å². The van der Waals surface area contributed by atoms with Crippen molar-refractivity contribution >= 4 is 23.6 Å². The second kappa shape index (κ2) is 13.0. The number of piperidine rings is 2. The highest BCUT2D eigenvalue weighted by molar-refractivity contribution is 5.77. The molecule has 1 unspecified atom stereocenters. The van der Waals surface area contributed by atoms with Crippen LogP contribution in [0.1, 0.15) is 70.6 Å². The van der Waals surface area contributed by atoms with E-state index in [2.05, 4.69) is 24.8 Å². The van der Waals surface area contributed by atoms with E-state index in [9.17, 15) is 9.59 Å². The number of esters is 1. The summed E-state index contributed by atoms with van der Waals surface area (Å²) in [5.74, 6) is 1.70. The predicted octanol–water partition coefficient (Wildman–Crippen LogP) is 3.07. The summed E-state index contributed by atoms with van der Waals surface area (Å²) >= 11 is 0. The van der Waals surface area contributed by atoms with E-state index in [0.717, 1.165) is 76.7 Å². The number of methoxy groups -OCH3 is 1. The number of hydrogen-bond acceptors (Lipinski definition) is 8. The second-order valence-corrected chi connectivity index (χ2v) is 10.2. The molecule has 0 aliphatic carbocycles. The molecule has 1 atom stereocenters. The Bertz CT molecular complexity index is 821. The average molecular weight is 487 g/mol. The monoisotopic (exact) mass is 486 g/mol. The average Bonchev–Trinajstić information content (AvgIpc) is 3.19. The molecule has 0 saturated carbocycles. The lowest BCUT2D eigenvalue weighted by molar-refractivity contribution is -0.141. The molecule has 3 aliphatic rings.